The molecular weight excluding hydrogens is 300 g/mol. The van der Waals surface area contributed by atoms with Crippen LogP contribution in [0.5, 0.6) is 0 Å². The summed E-state index contributed by atoms with van der Waals surface area (Å²) in [5.74, 6) is 0. The highest BCUT2D eigenvalue weighted by atomic mass is 16.6. The molecule has 0 heterocycles. The average molecular weight is 320 g/mol. The smallest absolute Gasteiger partial charge is 0.269 e. The van der Waals surface area contributed by atoms with Gasteiger partial charge in [-0.05, 0) is 35.4 Å². The molecule has 0 N–H and O–H groups in total. The Kier molecular flexibility index (Phi) is 6.08. The van der Waals surface area contributed by atoms with Crippen molar-refractivity contribution in [2.75, 3.05) is 18.0 Å². The van der Waals surface area contributed by atoms with E-state index in [0.29, 0.717) is 0 Å². The maximum Gasteiger partial charge on any atom is 0.269 e. The van der Waals surface area contributed by atoms with Crippen LogP contribution < -0.4 is 4.90 Å². The Morgan fingerprint density at radius 1 is 0.875 bits per heavy atom. The second-order valence-corrected chi connectivity index (χ2v) is 5.26. The zero-order valence-corrected chi connectivity index (χ0v) is 13.5. The summed E-state index contributed by atoms with van der Waals surface area (Å²) in [7, 11) is 0. The second kappa shape index (κ2) is 8.48. The van der Waals surface area contributed by atoms with Crippen LogP contribution in [-0.2, 0) is 0 Å². The van der Waals surface area contributed by atoms with Crippen molar-refractivity contribution in [2.24, 2.45) is 0 Å². The van der Waals surface area contributed by atoms with Gasteiger partial charge in [-0.1, -0.05) is 36.4 Å². The molecule has 24 heavy (non-hydrogen) atoms. The van der Waals surface area contributed by atoms with Crippen molar-refractivity contribution >= 4 is 23.5 Å². The third-order valence-electron chi connectivity index (χ3n) is 3.53. The van der Waals surface area contributed by atoms with Gasteiger partial charge in [-0.2, -0.15) is 0 Å². The Bertz CT molecular complexity index is 721. The lowest BCUT2D eigenvalue weighted by Gasteiger charge is -2.21. The van der Waals surface area contributed by atoms with Crippen LogP contribution in [-0.4, -0.2) is 18.0 Å². The van der Waals surface area contributed by atoms with Crippen molar-refractivity contribution in [1.82, 2.24) is 0 Å². The van der Waals surface area contributed by atoms with E-state index in [1.54, 1.807) is 12.1 Å². The minimum absolute atomic E-state index is 0.0982. The monoisotopic (exact) mass is 320 g/mol. The molecule has 0 saturated carbocycles. The zero-order valence-electron chi connectivity index (χ0n) is 13.5. The average Bonchev–Trinajstić information content (AvgIpc) is 2.60. The number of anilines is 1. The van der Waals surface area contributed by atoms with E-state index in [2.05, 4.69) is 30.2 Å². The number of rotatable bonds is 8. The molecule has 2 rings (SSSR count). The van der Waals surface area contributed by atoms with Gasteiger partial charge in [0.25, 0.3) is 5.69 Å². The van der Waals surface area contributed by atoms with E-state index in [1.165, 1.54) is 12.1 Å². The Hall–Kier alpha value is -3.14. The summed E-state index contributed by atoms with van der Waals surface area (Å²) in [6.07, 6.45) is 7.65. The van der Waals surface area contributed by atoms with Gasteiger partial charge in [-0.25, -0.2) is 0 Å². The van der Waals surface area contributed by atoms with E-state index in [9.17, 15) is 10.1 Å². The van der Waals surface area contributed by atoms with Crippen molar-refractivity contribution in [3.05, 3.63) is 95.1 Å². The lowest BCUT2D eigenvalue weighted by Crippen LogP contribution is -2.22. The number of nitro groups is 1. The van der Waals surface area contributed by atoms with Gasteiger partial charge in [0, 0.05) is 30.9 Å². The van der Waals surface area contributed by atoms with Crippen LogP contribution in [0.3, 0.4) is 0 Å². The van der Waals surface area contributed by atoms with E-state index in [-0.39, 0.29) is 5.69 Å². The molecule has 4 heteroatoms. The fourth-order valence-corrected chi connectivity index (χ4v) is 2.29. The third-order valence-corrected chi connectivity index (χ3v) is 3.53. The summed E-state index contributed by atoms with van der Waals surface area (Å²) >= 11 is 0. The maximum atomic E-state index is 10.6. The second-order valence-electron chi connectivity index (χ2n) is 5.26. The fraction of sp³-hybridized carbons (Fsp3) is 0.100. The van der Waals surface area contributed by atoms with E-state index < -0.39 is 4.92 Å². The highest BCUT2D eigenvalue weighted by Crippen LogP contribution is 2.18. The largest absolute Gasteiger partial charge is 0.364 e. The Morgan fingerprint density at radius 2 is 1.33 bits per heavy atom. The van der Waals surface area contributed by atoms with Gasteiger partial charge in [-0.3, -0.25) is 10.1 Å². The minimum Gasteiger partial charge on any atom is -0.364 e. The van der Waals surface area contributed by atoms with Crippen molar-refractivity contribution in [2.45, 2.75) is 0 Å². The predicted molar refractivity (Wildman–Crippen MR) is 101 cm³/mol. The van der Waals surface area contributed by atoms with Crippen molar-refractivity contribution in [1.29, 1.82) is 0 Å². The van der Waals surface area contributed by atoms with Crippen LogP contribution in [0, 0.1) is 10.1 Å². The summed E-state index contributed by atoms with van der Waals surface area (Å²) in [6.45, 7) is 9.09. The van der Waals surface area contributed by atoms with Crippen molar-refractivity contribution in [3.8, 4) is 0 Å². The van der Waals surface area contributed by atoms with Crippen LogP contribution in [0.1, 0.15) is 11.1 Å². The van der Waals surface area contributed by atoms with Crippen molar-refractivity contribution < 1.29 is 4.92 Å². The number of hydrogen-bond donors (Lipinski definition) is 0. The molecule has 0 unspecified atom stereocenters. The molecule has 0 aliphatic heterocycles. The lowest BCUT2D eigenvalue weighted by atomic mass is 10.1. The summed E-state index contributed by atoms with van der Waals surface area (Å²) in [6, 6.07) is 14.7. The van der Waals surface area contributed by atoms with E-state index >= 15 is 0 Å². The predicted octanol–water partition coefficient (Wildman–Crippen LogP) is 4.94. The Morgan fingerprint density at radius 3 is 1.75 bits per heavy atom. The normalized spacial score (nSPS) is 10.5. The lowest BCUT2D eigenvalue weighted by molar-refractivity contribution is -0.384. The zero-order chi connectivity index (χ0) is 17.4. The van der Waals surface area contributed by atoms with Crippen LogP contribution in [0.15, 0.2) is 73.8 Å². The first-order valence-electron chi connectivity index (χ1n) is 7.63. The Balaban J connectivity index is 2.08. The molecule has 0 saturated heterocycles. The van der Waals surface area contributed by atoms with Gasteiger partial charge in [0.2, 0.25) is 0 Å². The molecule has 2 aromatic carbocycles. The highest BCUT2D eigenvalue weighted by molar-refractivity contribution is 5.71. The van der Waals surface area contributed by atoms with E-state index in [1.807, 2.05) is 36.4 Å². The molecule has 0 atom stereocenters. The van der Waals surface area contributed by atoms with E-state index in [0.717, 1.165) is 29.9 Å². The highest BCUT2D eigenvalue weighted by Gasteiger charge is 2.03. The first kappa shape index (κ1) is 17.2. The van der Waals surface area contributed by atoms with Gasteiger partial charge < -0.3 is 4.90 Å². The Labute approximate surface area is 142 Å². The fourth-order valence-electron chi connectivity index (χ4n) is 2.29. The molecule has 0 aromatic heterocycles. The molecule has 0 radical (unpaired) electrons. The van der Waals surface area contributed by atoms with E-state index in [4.69, 9.17) is 0 Å². The van der Waals surface area contributed by atoms with Gasteiger partial charge in [0.15, 0.2) is 0 Å². The van der Waals surface area contributed by atoms with Crippen molar-refractivity contribution in [3.63, 3.8) is 0 Å². The first-order valence-corrected chi connectivity index (χ1v) is 7.63. The quantitative estimate of drug-likeness (QED) is 0.299. The molecule has 0 spiro atoms. The molecule has 122 valence electrons. The molecule has 0 fully saturated rings. The number of non-ortho nitro benzene ring substituents is 1. The van der Waals surface area contributed by atoms with Crippen LogP contribution >= 0.6 is 0 Å². The number of nitro benzene ring substituents is 1. The van der Waals surface area contributed by atoms with Gasteiger partial charge in [0.1, 0.15) is 0 Å². The van der Waals surface area contributed by atoms with Gasteiger partial charge in [-0.15, -0.1) is 13.2 Å². The maximum absolute atomic E-state index is 10.6. The number of benzene rings is 2. The van der Waals surface area contributed by atoms with Crippen LogP contribution in [0.25, 0.3) is 12.2 Å². The summed E-state index contributed by atoms with van der Waals surface area (Å²) in [4.78, 5) is 12.4. The SMILES string of the molecule is C=CCN(CC=C)c1ccc(C=Cc2ccc([N+](=O)[O-])cc2)cc1. The molecule has 0 bridgehead atoms. The molecule has 0 aliphatic rings. The van der Waals surface area contributed by atoms with Gasteiger partial charge in [0.05, 0.1) is 4.92 Å². The van der Waals surface area contributed by atoms with Crippen LogP contribution in [0.2, 0.25) is 0 Å². The minimum atomic E-state index is -0.398. The standard InChI is InChI=1S/C20H20N2O2/c1-3-15-21(16-4-2)19-11-7-17(8-12-19)5-6-18-9-13-20(14-10-18)22(23)24/h3-14H,1-2,15-16H2. The van der Waals surface area contributed by atoms with Crippen LogP contribution in [0.4, 0.5) is 11.4 Å². The molecule has 4 nitrogen and oxygen atoms in total. The third kappa shape index (κ3) is 4.68. The molecular formula is C20H20N2O2. The summed E-state index contributed by atoms with van der Waals surface area (Å²) in [5.41, 5.74) is 3.20. The summed E-state index contributed by atoms with van der Waals surface area (Å²) < 4.78 is 0. The summed E-state index contributed by atoms with van der Waals surface area (Å²) in [5, 5.41) is 10.6. The molecule has 2 aromatic rings. The number of nitrogens with zero attached hydrogens (tertiary/aromatic N) is 2. The number of hydrogen-bond acceptors (Lipinski definition) is 3. The topological polar surface area (TPSA) is 46.4 Å². The molecule has 0 amide bonds. The van der Waals surface area contributed by atoms with Gasteiger partial charge >= 0.3 is 0 Å². The molecule has 0 aliphatic carbocycles. The first-order chi connectivity index (χ1) is 11.6.